The summed E-state index contributed by atoms with van der Waals surface area (Å²) < 4.78 is 0. The van der Waals surface area contributed by atoms with E-state index < -0.39 is 0 Å². The SMILES string of the molecule is CC[C@@H](C)c1ccc([C@H](NCC(=O)N2CCN(CC(=O)NC)CC2)C(C)C)cc1. The molecule has 1 aromatic rings. The van der Waals surface area contributed by atoms with Crippen LogP contribution < -0.4 is 10.6 Å². The summed E-state index contributed by atoms with van der Waals surface area (Å²) in [6, 6.07) is 8.98. The number of benzene rings is 1. The summed E-state index contributed by atoms with van der Waals surface area (Å²) in [4.78, 5) is 28.2. The molecule has 0 spiro atoms. The van der Waals surface area contributed by atoms with Gasteiger partial charge >= 0.3 is 0 Å². The maximum absolute atomic E-state index is 12.7. The Hall–Kier alpha value is -1.92. The third kappa shape index (κ3) is 6.82. The Morgan fingerprint density at radius 3 is 2.10 bits per heavy atom. The molecule has 2 N–H and O–H groups in total. The van der Waals surface area contributed by atoms with Crippen molar-refractivity contribution in [3.63, 3.8) is 0 Å². The summed E-state index contributed by atoms with van der Waals surface area (Å²) in [6.45, 7) is 12.4. The maximum atomic E-state index is 12.7. The molecule has 2 atom stereocenters. The predicted octanol–water partition coefficient (Wildman–Crippen LogP) is 2.38. The Morgan fingerprint density at radius 2 is 1.59 bits per heavy atom. The summed E-state index contributed by atoms with van der Waals surface area (Å²) >= 11 is 0. The minimum atomic E-state index is 0.0190. The number of hydrogen-bond donors (Lipinski definition) is 2. The van der Waals surface area contributed by atoms with Crippen LogP contribution in [0.2, 0.25) is 0 Å². The van der Waals surface area contributed by atoms with E-state index in [-0.39, 0.29) is 17.9 Å². The molecule has 0 unspecified atom stereocenters. The Balaban J connectivity index is 1.87. The number of carbonyl (C=O) groups is 2. The first-order valence-electron chi connectivity index (χ1n) is 10.9. The molecule has 162 valence electrons. The third-order valence-electron chi connectivity index (χ3n) is 5.99. The average molecular weight is 403 g/mol. The second-order valence-corrected chi connectivity index (χ2v) is 8.41. The van der Waals surface area contributed by atoms with Crippen LogP contribution in [0.4, 0.5) is 0 Å². The van der Waals surface area contributed by atoms with Crippen molar-refractivity contribution in [3.8, 4) is 0 Å². The first kappa shape index (κ1) is 23.4. The normalized spacial score (nSPS) is 17.2. The van der Waals surface area contributed by atoms with E-state index in [1.807, 2.05) is 4.90 Å². The van der Waals surface area contributed by atoms with Gasteiger partial charge in [0, 0.05) is 39.3 Å². The molecule has 1 aromatic carbocycles. The molecule has 0 bridgehead atoms. The van der Waals surface area contributed by atoms with Crippen LogP contribution in [-0.2, 0) is 9.59 Å². The van der Waals surface area contributed by atoms with Gasteiger partial charge in [-0.1, -0.05) is 52.0 Å². The number of hydrogen-bond acceptors (Lipinski definition) is 4. The van der Waals surface area contributed by atoms with Crippen molar-refractivity contribution in [2.45, 2.75) is 46.1 Å². The van der Waals surface area contributed by atoms with Gasteiger partial charge in [-0.15, -0.1) is 0 Å². The van der Waals surface area contributed by atoms with Crippen LogP contribution in [0.3, 0.4) is 0 Å². The van der Waals surface area contributed by atoms with Crippen molar-refractivity contribution >= 4 is 11.8 Å². The van der Waals surface area contributed by atoms with E-state index in [4.69, 9.17) is 0 Å². The highest BCUT2D eigenvalue weighted by molar-refractivity contribution is 5.79. The lowest BCUT2D eigenvalue weighted by atomic mass is 9.92. The number of amides is 2. The lowest BCUT2D eigenvalue weighted by Gasteiger charge is -2.34. The Labute approximate surface area is 176 Å². The van der Waals surface area contributed by atoms with Crippen molar-refractivity contribution in [1.29, 1.82) is 0 Å². The third-order valence-corrected chi connectivity index (χ3v) is 5.99. The fourth-order valence-corrected chi connectivity index (χ4v) is 3.75. The highest BCUT2D eigenvalue weighted by Crippen LogP contribution is 2.25. The quantitative estimate of drug-likeness (QED) is 0.666. The van der Waals surface area contributed by atoms with Crippen LogP contribution >= 0.6 is 0 Å². The zero-order valence-corrected chi connectivity index (χ0v) is 18.7. The van der Waals surface area contributed by atoms with Gasteiger partial charge in [0.25, 0.3) is 0 Å². The monoisotopic (exact) mass is 402 g/mol. The molecule has 1 heterocycles. The summed E-state index contributed by atoms with van der Waals surface area (Å²) in [7, 11) is 1.65. The number of nitrogens with one attached hydrogen (secondary N) is 2. The van der Waals surface area contributed by atoms with E-state index in [9.17, 15) is 9.59 Å². The van der Waals surface area contributed by atoms with Crippen LogP contribution in [0.1, 0.15) is 57.2 Å². The van der Waals surface area contributed by atoms with E-state index in [0.717, 1.165) is 19.5 Å². The average Bonchev–Trinajstić information content (AvgIpc) is 2.73. The van der Waals surface area contributed by atoms with Gasteiger partial charge in [-0.05, 0) is 29.4 Å². The minimum absolute atomic E-state index is 0.0190. The van der Waals surface area contributed by atoms with Crippen LogP contribution in [0.5, 0.6) is 0 Å². The van der Waals surface area contributed by atoms with Crippen LogP contribution in [0, 0.1) is 5.92 Å². The maximum Gasteiger partial charge on any atom is 0.236 e. The van der Waals surface area contributed by atoms with Crippen molar-refractivity contribution < 1.29 is 9.59 Å². The van der Waals surface area contributed by atoms with E-state index >= 15 is 0 Å². The van der Waals surface area contributed by atoms with E-state index in [1.165, 1.54) is 11.1 Å². The van der Waals surface area contributed by atoms with Gasteiger partial charge in [0.15, 0.2) is 0 Å². The molecule has 6 heteroatoms. The molecule has 2 amide bonds. The van der Waals surface area contributed by atoms with Crippen LogP contribution in [0.25, 0.3) is 0 Å². The largest absolute Gasteiger partial charge is 0.358 e. The van der Waals surface area contributed by atoms with Crippen molar-refractivity contribution in [3.05, 3.63) is 35.4 Å². The predicted molar refractivity (Wildman–Crippen MR) is 118 cm³/mol. The molecule has 0 aromatic heterocycles. The van der Waals surface area contributed by atoms with E-state index in [0.29, 0.717) is 38.0 Å². The molecule has 0 saturated carbocycles. The molecule has 1 aliphatic heterocycles. The Morgan fingerprint density at radius 1 is 1.00 bits per heavy atom. The smallest absolute Gasteiger partial charge is 0.236 e. The fourth-order valence-electron chi connectivity index (χ4n) is 3.75. The standard InChI is InChI=1S/C23H38N4O2/c1-6-18(4)19-7-9-20(10-8-19)23(17(2)3)25-15-22(29)27-13-11-26(12-14-27)16-21(28)24-5/h7-10,17-18,23,25H,6,11-16H2,1-5H3,(H,24,28)/t18-,23-/m1/s1. The van der Waals surface area contributed by atoms with Gasteiger partial charge in [-0.3, -0.25) is 14.5 Å². The Bertz CT molecular complexity index is 651. The number of piperazine rings is 1. The van der Waals surface area contributed by atoms with Gasteiger partial charge in [0.05, 0.1) is 13.1 Å². The van der Waals surface area contributed by atoms with Crippen molar-refractivity contribution in [2.75, 3.05) is 46.3 Å². The van der Waals surface area contributed by atoms with Gasteiger partial charge in [0.1, 0.15) is 0 Å². The molecule has 0 aliphatic carbocycles. The summed E-state index contributed by atoms with van der Waals surface area (Å²) in [5.74, 6) is 1.11. The van der Waals surface area contributed by atoms with Gasteiger partial charge in [-0.25, -0.2) is 0 Å². The number of nitrogens with zero attached hydrogens (tertiary/aromatic N) is 2. The summed E-state index contributed by atoms with van der Waals surface area (Å²) in [6.07, 6.45) is 1.14. The molecular weight excluding hydrogens is 364 g/mol. The lowest BCUT2D eigenvalue weighted by Crippen LogP contribution is -2.52. The molecule has 2 rings (SSSR count). The zero-order valence-electron chi connectivity index (χ0n) is 18.7. The van der Waals surface area contributed by atoms with Crippen LogP contribution in [-0.4, -0.2) is 67.9 Å². The second-order valence-electron chi connectivity index (χ2n) is 8.41. The number of rotatable bonds is 9. The van der Waals surface area contributed by atoms with Gasteiger partial charge < -0.3 is 15.5 Å². The first-order valence-corrected chi connectivity index (χ1v) is 10.9. The first-order chi connectivity index (χ1) is 13.8. The molecule has 1 saturated heterocycles. The highest BCUT2D eigenvalue weighted by atomic mass is 16.2. The molecule has 1 fully saturated rings. The number of likely N-dealkylation sites (N-methyl/N-ethyl adjacent to an activating group) is 1. The molecular formula is C23H38N4O2. The van der Waals surface area contributed by atoms with Gasteiger partial charge in [-0.2, -0.15) is 0 Å². The van der Waals surface area contributed by atoms with Crippen LogP contribution in [0.15, 0.2) is 24.3 Å². The summed E-state index contributed by atoms with van der Waals surface area (Å²) in [5.41, 5.74) is 2.60. The molecule has 0 radical (unpaired) electrons. The highest BCUT2D eigenvalue weighted by Gasteiger charge is 2.23. The lowest BCUT2D eigenvalue weighted by molar-refractivity contribution is -0.132. The van der Waals surface area contributed by atoms with Gasteiger partial charge in [0.2, 0.25) is 11.8 Å². The minimum Gasteiger partial charge on any atom is -0.358 e. The second kappa shape index (κ2) is 11.3. The molecule has 29 heavy (non-hydrogen) atoms. The van der Waals surface area contributed by atoms with Crippen molar-refractivity contribution in [2.24, 2.45) is 5.92 Å². The number of carbonyl (C=O) groups excluding carboxylic acids is 2. The Kier molecular flexibility index (Phi) is 9.11. The topological polar surface area (TPSA) is 64.7 Å². The zero-order chi connectivity index (χ0) is 21.4. The van der Waals surface area contributed by atoms with Crippen molar-refractivity contribution in [1.82, 2.24) is 20.4 Å². The molecule has 6 nitrogen and oxygen atoms in total. The summed E-state index contributed by atoms with van der Waals surface area (Å²) in [5, 5.41) is 6.13. The fraction of sp³-hybridized carbons (Fsp3) is 0.652. The molecule has 1 aliphatic rings. The van der Waals surface area contributed by atoms with E-state index in [2.05, 4.69) is 67.5 Å². The van der Waals surface area contributed by atoms with E-state index in [1.54, 1.807) is 7.05 Å².